The second-order valence-corrected chi connectivity index (χ2v) is 4.75. The zero-order chi connectivity index (χ0) is 14.0. The molecule has 2 aromatic carbocycles. The van der Waals surface area contributed by atoms with E-state index in [1.165, 1.54) is 13.0 Å². The minimum atomic E-state index is -0.915. The van der Waals surface area contributed by atoms with Crippen molar-refractivity contribution in [2.24, 2.45) is 0 Å². The summed E-state index contributed by atoms with van der Waals surface area (Å²) in [5, 5.41) is 9.65. The molecule has 0 bridgehead atoms. The topological polar surface area (TPSA) is 29.5 Å². The van der Waals surface area contributed by atoms with Gasteiger partial charge in [0.05, 0.1) is 11.7 Å². The largest absolute Gasteiger partial charge is 0.457 e. The Morgan fingerprint density at radius 2 is 1.74 bits per heavy atom. The number of hydrogen-bond donors (Lipinski definition) is 1. The molecule has 0 aromatic heterocycles. The van der Waals surface area contributed by atoms with Gasteiger partial charge in [0.25, 0.3) is 0 Å². The molecule has 2 aromatic rings. The Labute approximate surface area is 112 Å². The third-order valence-corrected chi connectivity index (χ3v) is 2.85. The van der Waals surface area contributed by atoms with Crippen molar-refractivity contribution in [1.82, 2.24) is 0 Å². The Morgan fingerprint density at radius 1 is 1.11 bits per heavy atom. The van der Waals surface area contributed by atoms with Crippen molar-refractivity contribution in [3.8, 4) is 11.5 Å². The Morgan fingerprint density at radius 3 is 2.32 bits per heavy atom. The first kappa shape index (κ1) is 13.6. The van der Waals surface area contributed by atoms with Crippen LogP contribution in [0.5, 0.6) is 11.5 Å². The van der Waals surface area contributed by atoms with Gasteiger partial charge in [0, 0.05) is 0 Å². The number of benzene rings is 2. The summed E-state index contributed by atoms with van der Waals surface area (Å²) in [5.41, 5.74) is 2.33. The lowest BCUT2D eigenvalue weighted by Crippen LogP contribution is -2.00. The Hall–Kier alpha value is -1.87. The maximum Gasteiger partial charge on any atom is 0.136 e. The first-order valence-electron chi connectivity index (χ1n) is 6.20. The molecule has 0 heterocycles. The maximum absolute atomic E-state index is 13.7. The van der Waals surface area contributed by atoms with E-state index >= 15 is 0 Å². The molecule has 0 saturated heterocycles. The molecular formula is C16H17FO2. The standard InChI is InChI=1S/C16H17FO2/c1-10-7-11(2)9-13(8-10)19-15-6-4-5-14(17)16(15)12(3)18/h4-9,12,18H,1-3H3/t12-/m1/s1. The highest BCUT2D eigenvalue weighted by Crippen LogP contribution is 2.32. The van der Waals surface area contributed by atoms with Crippen molar-refractivity contribution in [2.75, 3.05) is 0 Å². The van der Waals surface area contributed by atoms with Gasteiger partial charge in [0.2, 0.25) is 0 Å². The molecule has 0 fully saturated rings. The van der Waals surface area contributed by atoms with E-state index in [0.29, 0.717) is 11.5 Å². The van der Waals surface area contributed by atoms with E-state index in [9.17, 15) is 9.50 Å². The van der Waals surface area contributed by atoms with Crippen LogP contribution in [0.1, 0.15) is 29.7 Å². The fourth-order valence-corrected chi connectivity index (χ4v) is 2.13. The van der Waals surface area contributed by atoms with Gasteiger partial charge in [-0.25, -0.2) is 4.39 Å². The van der Waals surface area contributed by atoms with Crippen LogP contribution in [0.3, 0.4) is 0 Å². The molecule has 1 atom stereocenters. The summed E-state index contributed by atoms with van der Waals surface area (Å²) in [6.45, 7) is 5.47. The van der Waals surface area contributed by atoms with E-state index in [1.54, 1.807) is 12.1 Å². The van der Waals surface area contributed by atoms with Crippen LogP contribution in [0.4, 0.5) is 4.39 Å². The molecule has 0 aliphatic carbocycles. The van der Waals surface area contributed by atoms with Crippen LogP contribution >= 0.6 is 0 Å². The summed E-state index contributed by atoms with van der Waals surface area (Å²) < 4.78 is 19.4. The summed E-state index contributed by atoms with van der Waals surface area (Å²) in [7, 11) is 0. The lowest BCUT2D eigenvalue weighted by atomic mass is 10.1. The Kier molecular flexibility index (Phi) is 3.86. The summed E-state index contributed by atoms with van der Waals surface area (Å²) in [6.07, 6.45) is -0.915. The van der Waals surface area contributed by atoms with Crippen molar-refractivity contribution in [2.45, 2.75) is 26.9 Å². The van der Waals surface area contributed by atoms with Crippen LogP contribution in [-0.4, -0.2) is 5.11 Å². The Bertz CT molecular complexity index is 571. The summed E-state index contributed by atoms with van der Waals surface area (Å²) in [5.74, 6) is 0.530. The molecule has 0 saturated carbocycles. The average molecular weight is 260 g/mol. The Balaban J connectivity index is 2.40. The summed E-state index contributed by atoms with van der Waals surface area (Å²) in [4.78, 5) is 0. The molecule has 0 aliphatic heterocycles. The van der Waals surface area contributed by atoms with E-state index in [4.69, 9.17) is 4.74 Å². The van der Waals surface area contributed by atoms with E-state index in [0.717, 1.165) is 11.1 Å². The molecule has 2 nitrogen and oxygen atoms in total. The summed E-state index contributed by atoms with van der Waals surface area (Å²) in [6, 6.07) is 10.3. The van der Waals surface area contributed by atoms with Crippen molar-refractivity contribution in [3.05, 3.63) is 58.9 Å². The molecule has 0 amide bonds. The van der Waals surface area contributed by atoms with Gasteiger partial charge in [-0.05, 0) is 56.2 Å². The second-order valence-electron chi connectivity index (χ2n) is 4.75. The number of aliphatic hydroxyl groups is 1. The molecular weight excluding hydrogens is 243 g/mol. The van der Waals surface area contributed by atoms with Crippen molar-refractivity contribution >= 4 is 0 Å². The minimum Gasteiger partial charge on any atom is -0.457 e. The molecule has 3 heteroatoms. The predicted molar refractivity (Wildman–Crippen MR) is 73.0 cm³/mol. The lowest BCUT2D eigenvalue weighted by Gasteiger charge is -2.14. The third kappa shape index (κ3) is 3.12. The predicted octanol–water partition coefficient (Wildman–Crippen LogP) is 4.29. The number of rotatable bonds is 3. The van der Waals surface area contributed by atoms with Crippen molar-refractivity contribution < 1.29 is 14.2 Å². The van der Waals surface area contributed by atoms with Crippen LogP contribution in [0, 0.1) is 19.7 Å². The highest BCUT2D eigenvalue weighted by Gasteiger charge is 2.15. The van der Waals surface area contributed by atoms with E-state index in [-0.39, 0.29) is 5.56 Å². The van der Waals surface area contributed by atoms with Gasteiger partial charge in [-0.3, -0.25) is 0 Å². The van der Waals surface area contributed by atoms with Gasteiger partial charge in [0.1, 0.15) is 17.3 Å². The monoisotopic (exact) mass is 260 g/mol. The number of halogens is 1. The molecule has 0 spiro atoms. The third-order valence-electron chi connectivity index (χ3n) is 2.85. The van der Waals surface area contributed by atoms with Crippen LogP contribution in [0.25, 0.3) is 0 Å². The van der Waals surface area contributed by atoms with Crippen LogP contribution in [0.15, 0.2) is 36.4 Å². The molecule has 1 N–H and O–H groups in total. The number of hydrogen-bond acceptors (Lipinski definition) is 2. The van der Waals surface area contributed by atoms with E-state index < -0.39 is 11.9 Å². The van der Waals surface area contributed by atoms with E-state index in [1.807, 2.05) is 32.0 Å². The summed E-state index contributed by atoms with van der Waals surface area (Å²) >= 11 is 0. The smallest absolute Gasteiger partial charge is 0.136 e. The number of aliphatic hydroxyl groups excluding tert-OH is 1. The van der Waals surface area contributed by atoms with Gasteiger partial charge >= 0.3 is 0 Å². The molecule has 100 valence electrons. The molecule has 2 rings (SSSR count). The molecule has 0 radical (unpaired) electrons. The van der Waals surface area contributed by atoms with Gasteiger partial charge in [-0.1, -0.05) is 12.1 Å². The zero-order valence-electron chi connectivity index (χ0n) is 11.3. The van der Waals surface area contributed by atoms with Gasteiger partial charge in [-0.15, -0.1) is 0 Å². The minimum absolute atomic E-state index is 0.182. The first-order chi connectivity index (χ1) is 8.97. The van der Waals surface area contributed by atoms with Crippen LogP contribution in [-0.2, 0) is 0 Å². The van der Waals surface area contributed by atoms with Crippen molar-refractivity contribution in [1.29, 1.82) is 0 Å². The van der Waals surface area contributed by atoms with E-state index in [2.05, 4.69) is 0 Å². The molecule has 19 heavy (non-hydrogen) atoms. The van der Waals surface area contributed by atoms with Crippen LogP contribution < -0.4 is 4.74 Å². The fourth-order valence-electron chi connectivity index (χ4n) is 2.13. The zero-order valence-corrected chi connectivity index (χ0v) is 11.3. The molecule has 0 unspecified atom stereocenters. The number of aryl methyl sites for hydroxylation is 2. The quantitative estimate of drug-likeness (QED) is 0.892. The van der Waals surface area contributed by atoms with Crippen molar-refractivity contribution in [3.63, 3.8) is 0 Å². The molecule has 0 aliphatic rings. The maximum atomic E-state index is 13.7. The average Bonchev–Trinajstić information content (AvgIpc) is 2.26. The second kappa shape index (κ2) is 5.41. The lowest BCUT2D eigenvalue weighted by molar-refractivity contribution is 0.190. The normalized spacial score (nSPS) is 12.3. The van der Waals surface area contributed by atoms with Gasteiger partial charge in [-0.2, -0.15) is 0 Å². The highest BCUT2D eigenvalue weighted by molar-refractivity contribution is 5.41. The van der Waals surface area contributed by atoms with Crippen LogP contribution in [0.2, 0.25) is 0 Å². The SMILES string of the molecule is Cc1cc(C)cc(Oc2cccc(F)c2[C@@H](C)O)c1. The van der Waals surface area contributed by atoms with Gasteiger partial charge < -0.3 is 9.84 Å². The van der Waals surface area contributed by atoms with Gasteiger partial charge in [0.15, 0.2) is 0 Å². The fraction of sp³-hybridized carbons (Fsp3) is 0.250. The highest BCUT2D eigenvalue weighted by atomic mass is 19.1. The number of ether oxygens (including phenoxy) is 1. The first-order valence-corrected chi connectivity index (χ1v) is 6.20.